The summed E-state index contributed by atoms with van der Waals surface area (Å²) in [5.41, 5.74) is 2.77. The number of benzene rings is 2. The number of nitro groups is 1. The van der Waals surface area contributed by atoms with Crippen LogP contribution in [0.3, 0.4) is 0 Å². The van der Waals surface area contributed by atoms with Crippen LogP contribution in [0.4, 0.5) is 5.69 Å². The maximum Gasteiger partial charge on any atom is 0.276 e. The van der Waals surface area contributed by atoms with Crippen LogP contribution in [0, 0.1) is 10.1 Å². The van der Waals surface area contributed by atoms with Crippen LogP contribution in [0.5, 0.6) is 0 Å². The van der Waals surface area contributed by atoms with E-state index in [9.17, 15) is 14.9 Å². The molecule has 0 saturated heterocycles. The molecule has 0 radical (unpaired) electrons. The SMILES string of the molecule is CCc1ccc(C(CNC(=O)C=Cc2ccccc2[N+](=O)[O-])N(C)C)cc1. The summed E-state index contributed by atoms with van der Waals surface area (Å²) in [5.74, 6) is -0.287. The van der Waals surface area contributed by atoms with E-state index in [1.165, 1.54) is 23.8 Å². The molecule has 27 heavy (non-hydrogen) atoms. The van der Waals surface area contributed by atoms with E-state index in [0.29, 0.717) is 12.1 Å². The number of para-hydroxylation sites is 1. The van der Waals surface area contributed by atoms with Crippen LogP contribution < -0.4 is 5.32 Å². The van der Waals surface area contributed by atoms with Gasteiger partial charge in [0.05, 0.1) is 16.5 Å². The van der Waals surface area contributed by atoms with Crippen molar-refractivity contribution < 1.29 is 9.72 Å². The highest BCUT2D eigenvalue weighted by molar-refractivity contribution is 5.92. The van der Waals surface area contributed by atoms with Gasteiger partial charge in [0.25, 0.3) is 5.69 Å². The van der Waals surface area contributed by atoms with Crippen molar-refractivity contribution in [3.63, 3.8) is 0 Å². The molecule has 1 N–H and O–H groups in total. The van der Waals surface area contributed by atoms with Crippen molar-refractivity contribution in [3.8, 4) is 0 Å². The van der Waals surface area contributed by atoms with Gasteiger partial charge in [-0.3, -0.25) is 14.9 Å². The number of nitro benzene ring substituents is 1. The van der Waals surface area contributed by atoms with Gasteiger partial charge in [0, 0.05) is 18.7 Å². The summed E-state index contributed by atoms with van der Waals surface area (Å²) in [6.45, 7) is 2.56. The summed E-state index contributed by atoms with van der Waals surface area (Å²) in [7, 11) is 3.93. The Bertz CT molecular complexity index is 814. The van der Waals surface area contributed by atoms with Crippen LogP contribution in [-0.2, 0) is 11.2 Å². The molecule has 2 aromatic carbocycles. The Morgan fingerprint density at radius 3 is 2.44 bits per heavy atom. The molecule has 0 saturated carbocycles. The second kappa shape index (κ2) is 9.64. The monoisotopic (exact) mass is 367 g/mol. The molecular formula is C21H25N3O3. The van der Waals surface area contributed by atoms with E-state index in [1.54, 1.807) is 18.2 Å². The summed E-state index contributed by atoms with van der Waals surface area (Å²) in [5, 5.41) is 13.9. The number of amides is 1. The summed E-state index contributed by atoms with van der Waals surface area (Å²) in [6.07, 6.45) is 3.78. The molecule has 0 heterocycles. The van der Waals surface area contributed by atoms with Gasteiger partial charge in [0.15, 0.2) is 0 Å². The minimum Gasteiger partial charge on any atom is -0.351 e. The molecular weight excluding hydrogens is 342 g/mol. The molecule has 142 valence electrons. The van der Waals surface area contributed by atoms with Gasteiger partial charge < -0.3 is 10.2 Å². The van der Waals surface area contributed by atoms with Crippen LogP contribution in [-0.4, -0.2) is 36.4 Å². The lowest BCUT2D eigenvalue weighted by molar-refractivity contribution is -0.385. The number of nitrogens with one attached hydrogen (secondary N) is 1. The Labute approximate surface area is 159 Å². The van der Waals surface area contributed by atoms with Crippen molar-refractivity contribution in [2.75, 3.05) is 20.6 Å². The third-order valence-electron chi connectivity index (χ3n) is 4.41. The van der Waals surface area contributed by atoms with Gasteiger partial charge in [-0.05, 0) is 43.8 Å². The number of rotatable bonds is 8. The molecule has 0 fully saturated rings. The first kappa shape index (κ1) is 20.3. The average molecular weight is 367 g/mol. The molecule has 0 aliphatic rings. The normalized spacial score (nSPS) is 12.3. The van der Waals surface area contributed by atoms with Crippen molar-refractivity contribution in [1.82, 2.24) is 10.2 Å². The Balaban J connectivity index is 2.02. The number of carbonyl (C=O) groups excluding carboxylic acids is 1. The van der Waals surface area contributed by atoms with Crippen molar-refractivity contribution in [2.24, 2.45) is 0 Å². The number of aryl methyl sites for hydroxylation is 1. The van der Waals surface area contributed by atoms with Gasteiger partial charge in [0.1, 0.15) is 0 Å². The lowest BCUT2D eigenvalue weighted by Gasteiger charge is -2.25. The van der Waals surface area contributed by atoms with Crippen molar-refractivity contribution in [1.29, 1.82) is 0 Å². The van der Waals surface area contributed by atoms with Gasteiger partial charge >= 0.3 is 0 Å². The van der Waals surface area contributed by atoms with E-state index in [2.05, 4.69) is 36.5 Å². The molecule has 6 nitrogen and oxygen atoms in total. The van der Waals surface area contributed by atoms with E-state index >= 15 is 0 Å². The molecule has 2 aromatic rings. The maximum absolute atomic E-state index is 12.2. The highest BCUT2D eigenvalue weighted by Gasteiger charge is 2.15. The highest BCUT2D eigenvalue weighted by Crippen LogP contribution is 2.20. The topological polar surface area (TPSA) is 75.5 Å². The van der Waals surface area contributed by atoms with Crippen LogP contribution in [0.2, 0.25) is 0 Å². The van der Waals surface area contributed by atoms with Gasteiger partial charge in [-0.2, -0.15) is 0 Å². The first-order valence-corrected chi connectivity index (χ1v) is 8.87. The number of carbonyl (C=O) groups is 1. The summed E-state index contributed by atoms with van der Waals surface area (Å²) in [4.78, 5) is 24.8. The van der Waals surface area contributed by atoms with Crippen molar-refractivity contribution >= 4 is 17.7 Å². The molecule has 0 aromatic heterocycles. The molecule has 1 atom stereocenters. The first-order valence-electron chi connectivity index (χ1n) is 8.87. The van der Waals surface area contributed by atoms with Gasteiger partial charge in [0.2, 0.25) is 5.91 Å². The Kier molecular flexibility index (Phi) is 7.25. The number of hydrogen-bond donors (Lipinski definition) is 1. The highest BCUT2D eigenvalue weighted by atomic mass is 16.6. The molecule has 1 unspecified atom stereocenters. The lowest BCUT2D eigenvalue weighted by Crippen LogP contribution is -2.33. The Hall–Kier alpha value is -2.99. The predicted molar refractivity (Wildman–Crippen MR) is 107 cm³/mol. The fourth-order valence-electron chi connectivity index (χ4n) is 2.79. The zero-order valence-corrected chi connectivity index (χ0v) is 15.9. The van der Waals surface area contributed by atoms with Crippen LogP contribution in [0.25, 0.3) is 6.08 Å². The molecule has 2 rings (SSSR count). The smallest absolute Gasteiger partial charge is 0.276 e. The summed E-state index contributed by atoms with van der Waals surface area (Å²) < 4.78 is 0. The Morgan fingerprint density at radius 1 is 1.19 bits per heavy atom. The second-order valence-electron chi connectivity index (χ2n) is 6.47. The number of hydrogen-bond acceptors (Lipinski definition) is 4. The predicted octanol–water partition coefficient (Wildman–Crippen LogP) is 3.59. The zero-order valence-electron chi connectivity index (χ0n) is 15.9. The minimum atomic E-state index is -0.459. The van der Waals surface area contributed by atoms with Crippen molar-refractivity contribution in [2.45, 2.75) is 19.4 Å². The second-order valence-corrected chi connectivity index (χ2v) is 6.47. The van der Waals surface area contributed by atoms with Crippen LogP contribution in [0.15, 0.2) is 54.6 Å². The Morgan fingerprint density at radius 2 is 1.85 bits per heavy atom. The van der Waals surface area contributed by atoms with Gasteiger partial charge in [-0.25, -0.2) is 0 Å². The first-order chi connectivity index (χ1) is 12.9. The third kappa shape index (κ3) is 5.76. The fraction of sp³-hybridized carbons (Fsp3) is 0.286. The van der Waals surface area contributed by atoms with Crippen molar-refractivity contribution in [3.05, 3.63) is 81.4 Å². The van der Waals surface area contributed by atoms with E-state index in [1.807, 2.05) is 19.0 Å². The van der Waals surface area contributed by atoms with Gasteiger partial charge in [-0.1, -0.05) is 43.3 Å². The van der Waals surface area contributed by atoms with Crippen LogP contribution in [0.1, 0.15) is 29.7 Å². The zero-order chi connectivity index (χ0) is 19.8. The molecule has 6 heteroatoms. The van der Waals surface area contributed by atoms with E-state index in [0.717, 1.165) is 12.0 Å². The number of nitrogens with zero attached hydrogens (tertiary/aromatic N) is 2. The standard InChI is InChI=1S/C21H25N3O3/c1-4-16-9-11-18(12-10-16)20(23(2)3)15-22-21(25)14-13-17-7-5-6-8-19(17)24(26)27/h5-14,20H,4,15H2,1-3H3,(H,22,25). The minimum absolute atomic E-state index is 0.0243. The number of likely N-dealkylation sites (N-methyl/N-ethyl adjacent to an activating group) is 1. The maximum atomic E-state index is 12.2. The molecule has 1 amide bonds. The van der Waals surface area contributed by atoms with E-state index in [-0.39, 0.29) is 17.6 Å². The average Bonchev–Trinajstić information content (AvgIpc) is 2.67. The third-order valence-corrected chi connectivity index (χ3v) is 4.41. The van der Waals surface area contributed by atoms with E-state index in [4.69, 9.17) is 0 Å². The summed E-state index contributed by atoms with van der Waals surface area (Å²) >= 11 is 0. The van der Waals surface area contributed by atoms with E-state index < -0.39 is 4.92 Å². The summed E-state index contributed by atoms with van der Waals surface area (Å²) in [6, 6.07) is 14.7. The lowest BCUT2D eigenvalue weighted by atomic mass is 10.0. The van der Waals surface area contributed by atoms with Crippen LogP contribution >= 0.6 is 0 Å². The molecule has 0 aliphatic carbocycles. The van der Waals surface area contributed by atoms with Gasteiger partial charge in [-0.15, -0.1) is 0 Å². The molecule has 0 spiro atoms. The molecule has 0 aliphatic heterocycles. The largest absolute Gasteiger partial charge is 0.351 e. The fourth-order valence-corrected chi connectivity index (χ4v) is 2.79. The quantitative estimate of drug-likeness (QED) is 0.439. The molecule has 0 bridgehead atoms.